The number of hydrogen-bond donors (Lipinski definition) is 2. The second-order valence-electron chi connectivity index (χ2n) is 8.82. The van der Waals surface area contributed by atoms with Gasteiger partial charge in [0.1, 0.15) is 12.4 Å². The molecule has 4 rings (SSSR count). The second kappa shape index (κ2) is 11.3. The molecule has 0 aliphatic heterocycles. The minimum absolute atomic E-state index is 0.0306. The van der Waals surface area contributed by atoms with Gasteiger partial charge in [-0.25, -0.2) is 21.2 Å². The van der Waals surface area contributed by atoms with Gasteiger partial charge in [0.05, 0.1) is 15.5 Å². The van der Waals surface area contributed by atoms with Crippen molar-refractivity contribution < 1.29 is 26.0 Å². The van der Waals surface area contributed by atoms with Crippen molar-refractivity contribution in [1.82, 2.24) is 0 Å². The molecule has 0 aromatic heterocycles. The number of hydrogen-bond acceptors (Lipinski definition) is 5. The summed E-state index contributed by atoms with van der Waals surface area (Å²) in [4.78, 5) is 12.8. The Hall–Kier alpha value is -4.22. The molecule has 0 aliphatic carbocycles. The summed E-state index contributed by atoms with van der Waals surface area (Å²) < 4.78 is 70.2. The van der Waals surface area contributed by atoms with Crippen LogP contribution in [-0.4, -0.2) is 29.3 Å². The molecule has 0 atom stereocenters. The zero-order valence-corrected chi connectivity index (χ0v) is 22.8. The van der Waals surface area contributed by atoms with Gasteiger partial charge in [-0.1, -0.05) is 42.0 Å². The van der Waals surface area contributed by atoms with Gasteiger partial charge in [-0.2, -0.15) is 0 Å². The molecule has 39 heavy (non-hydrogen) atoms. The summed E-state index contributed by atoms with van der Waals surface area (Å²) in [5.41, 5.74) is 2.09. The molecule has 4 aromatic rings. The van der Waals surface area contributed by atoms with Gasteiger partial charge >= 0.3 is 0 Å². The molecule has 0 radical (unpaired) electrons. The Labute approximate surface area is 227 Å². The fraction of sp³-hybridized carbons (Fsp3) is 0.107. The van der Waals surface area contributed by atoms with Crippen molar-refractivity contribution in [3.05, 3.63) is 114 Å². The number of benzene rings is 4. The molecule has 0 heterocycles. The second-order valence-corrected chi connectivity index (χ2v) is 12.4. The SMILES string of the molecule is Cc1ccc(S(=O)(=O)N(CC(=O)Nc2ccc(S(=O)(=O)Nc3cccc(C)c3)cc2)c2ccccc2F)cc1. The monoisotopic (exact) mass is 567 g/mol. The Bertz CT molecular complexity index is 1710. The third-order valence-corrected chi connectivity index (χ3v) is 8.91. The average Bonchev–Trinajstić information content (AvgIpc) is 2.88. The van der Waals surface area contributed by atoms with Gasteiger partial charge in [-0.05, 0) is 80.1 Å². The number of carbonyl (C=O) groups is 1. The number of halogens is 1. The Morgan fingerprint density at radius 1 is 0.744 bits per heavy atom. The number of rotatable bonds is 9. The first-order chi connectivity index (χ1) is 18.5. The van der Waals surface area contributed by atoms with Crippen LogP contribution < -0.4 is 14.3 Å². The minimum atomic E-state index is -4.29. The number of anilines is 3. The van der Waals surface area contributed by atoms with Crippen molar-refractivity contribution in [2.45, 2.75) is 23.6 Å². The first-order valence-electron chi connectivity index (χ1n) is 11.8. The van der Waals surface area contributed by atoms with Gasteiger partial charge in [0.15, 0.2) is 0 Å². The number of nitrogens with zero attached hydrogens (tertiary/aromatic N) is 1. The van der Waals surface area contributed by atoms with Crippen molar-refractivity contribution in [3.63, 3.8) is 0 Å². The van der Waals surface area contributed by atoms with Gasteiger partial charge in [0.25, 0.3) is 20.0 Å². The third kappa shape index (κ3) is 6.62. The van der Waals surface area contributed by atoms with Crippen LogP contribution in [0.5, 0.6) is 0 Å². The minimum Gasteiger partial charge on any atom is -0.325 e. The number of carbonyl (C=O) groups excluding carboxylic acids is 1. The molecule has 8 nitrogen and oxygen atoms in total. The van der Waals surface area contributed by atoms with Gasteiger partial charge in [-0.3, -0.25) is 13.8 Å². The zero-order chi connectivity index (χ0) is 28.2. The molecule has 0 bridgehead atoms. The molecule has 1 amide bonds. The topological polar surface area (TPSA) is 113 Å². The molecule has 0 saturated heterocycles. The number of sulfonamides is 2. The van der Waals surface area contributed by atoms with E-state index in [0.717, 1.165) is 17.2 Å². The maximum absolute atomic E-state index is 14.7. The summed E-state index contributed by atoms with van der Waals surface area (Å²) in [5, 5.41) is 2.55. The van der Waals surface area contributed by atoms with E-state index >= 15 is 0 Å². The predicted molar refractivity (Wildman–Crippen MR) is 149 cm³/mol. The molecule has 0 saturated carbocycles. The molecule has 11 heteroatoms. The maximum Gasteiger partial charge on any atom is 0.264 e. The van der Waals surface area contributed by atoms with Crippen LogP contribution in [0.4, 0.5) is 21.5 Å². The molecule has 202 valence electrons. The molecular formula is C28H26FN3O5S2. The fourth-order valence-corrected chi connectivity index (χ4v) is 6.24. The van der Waals surface area contributed by atoms with Crippen molar-refractivity contribution in [2.75, 3.05) is 20.9 Å². The van der Waals surface area contributed by atoms with Crippen molar-refractivity contribution in [3.8, 4) is 0 Å². The van der Waals surface area contributed by atoms with E-state index in [1.807, 2.05) is 13.0 Å². The lowest BCUT2D eigenvalue weighted by molar-refractivity contribution is -0.114. The molecule has 0 aliphatic rings. The largest absolute Gasteiger partial charge is 0.325 e. The van der Waals surface area contributed by atoms with Gasteiger partial charge in [0, 0.05) is 11.4 Å². The van der Waals surface area contributed by atoms with E-state index in [0.29, 0.717) is 9.99 Å². The summed E-state index contributed by atoms with van der Waals surface area (Å²) in [5.74, 6) is -1.56. The number of aryl methyl sites for hydroxylation is 2. The van der Waals surface area contributed by atoms with E-state index in [4.69, 9.17) is 0 Å². The zero-order valence-electron chi connectivity index (χ0n) is 21.1. The number of nitrogens with one attached hydrogen (secondary N) is 2. The van der Waals surface area contributed by atoms with E-state index < -0.39 is 38.3 Å². The average molecular weight is 568 g/mol. The van der Waals surface area contributed by atoms with Crippen LogP contribution in [0.15, 0.2) is 107 Å². The van der Waals surface area contributed by atoms with Crippen LogP contribution in [0, 0.1) is 19.7 Å². The lowest BCUT2D eigenvalue weighted by Crippen LogP contribution is -2.38. The van der Waals surface area contributed by atoms with Crippen molar-refractivity contribution >= 4 is 43.0 Å². The number of para-hydroxylation sites is 1. The summed E-state index contributed by atoms with van der Waals surface area (Å²) in [7, 11) is -8.17. The van der Waals surface area contributed by atoms with E-state index in [9.17, 15) is 26.0 Å². The first-order valence-corrected chi connectivity index (χ1v) is 14.7. The summed E-state index contributed by atoms with van der Waals surface area (Å²) in [6, 6.07) is 23.5. The van der Waals surface area contributed by atoms with Crippen LogP contribution >= 0.6 is 0 Å². The molecule has 2 N–H and O–H groups in total. The van der Waals surface area contributed by atoms with E-state index in [-0.39, 0.29) is 21.2 Å². The highest BCUT2D eigenvalue weighted by Gasteiger charge is 2.29. The van der Waals surface area contributed by atoms with Gasteiger partial charge in [0.2, 0.25) is 5.91 Å². The number of amides is 1. The van der Waals surface area contributed by atoms with Crippen LogP contribution in [0.1, 0.15) is 11.1 Å². The molecule has 0 fully saturated rings. The molecule has 4 aromatic carbocycles. The third-order valence-electron chi connectivity index (χ3n) is 5.74. The Morgan fingerprint density at radius 3 is 2.03 bits per heavy atom. The lowest BCUT2D eigenvalue weighted by Gasteiger charge is -2.24. The highest BCUT2D eigenvalue weighted by molar-refractivity contribution is 7.93. The lowest BCUT2D eigenvalue weighted by atomic mass is 10.2. The highest BCUT2D eigenvalue weighted by atomic mass is 32.2. The Morgan fingerprint density at radius 2 is 1.38 bits per heavy atom. The molecule has 0 spiro atoms. The van der Waals surface area contributed by atoms with Gasteiger partial charge < -0.3 is 5.32 Å². The normalized spacial score (nSPS) is 11.6. The van der Waals surface area contributed by atoms with Crippen molar-refractivity contribution in [1.29, 1.82) is 0 Å². The Kier molecular flexibility index (Phi) is 8.03. The van der Waals surface area contributed by atoms with E-state index in [1.54, 1.807) is 37.3 Å². The summed E-state index contributed by atoms with van der Waals surface area (Å²) >= 11 is 0. The highest BCUT2D eigenvalue weighted by Crippen LogP contribution is 2.27. The quantitative estimate of drug-likeness (QED) is 0.293. The molecular weight excluding hydrogens is 541 g/mol. The summed E-state index contributed by atoms with van der Waals surface area (Å²) in [6.45, 7) is 2.92. The van der Waals surface area contributed by atoms with Gasteiger partial charge in [-0.15, -0.1) is 0 Å². The van der Waals surface area contributed by atoms with Crippen LogP contribution in [-0.2, 0) is 24.8 Å². The Balaban J connectivity index is 1.54. The van der Waals surface area contributed by atoms with Crippen molar-refractivity contribution in [2.24, 2.45) is 0 Å². The predicted octanol–water partition coefficient (Wildman–Crippen LogP) is 5.08. The van der Waals surface area contributed by atoms with E-state index in [1.165, 1.54) is 54.6 Å². The van der Waals surface area contributed by atoms with Crippen LogP contribution in [0.25, 0.3) is 0 Å². The summed E-state index contributed by atoms with van der Waals surface area (Å²) in [6.07, 6.45) is 0. The van der Waals surface area contributed by atoms with Crippen LogP contribution in [0.2, 0.25) is 0 Å². The first kappa shape index (κ1) is 27.8. The standard InChI is InChI=1S/C28H26FN3O5S2/c1-20-10-14-25(15-11-20)39(36,37)32(27-9-4-3-8-26(27)29)19-28(33)30-22-12-16-24(17-13-22)38(34,35)31-23-7-5-6-21(2)18-23/h3-18,31H,19H2,1-2H3,(H,30,33). The maximum atomic E-state index is 14.7. The van der Waals surface area contributed by atoms with E-state index in [2.05, 4.69) is 10.0 Å². The molecule has 0 unspecified atom stereocenters. The van der Waals surface area contributed by atoms with Crippen LogP contribution in [0.3, 0.4) is 0 Å². The fourth-order valence-electron chi connectivity index (χ4n) is 3.76. The smallest absolute Gasteiger partial charge is 0.264 e.